The third-order valence-corrected chi connectivity index (χ3v) is 7.21. The first-order valence-corrected chi connectivity index (χ1v) is 10.2. The highest BCUT2D eigenvalue weighted by Crippen LogP contribution is 2.25. The van der Waals surface area contributed by atoms with Crippen LogP contribution in [0.5, 0.6) is 0 Å². The number of benzene rings is 2. The number of rotatable bonds is 3. The Bertz CT molecular complexity index is 936. The highest BCUT2D eigenvalue weighted by atomic mass is 35.5. The molecule has 3 rings (SSSR count). The van der Waals surface area contributed by atoms with Crippen molar-refractivity contribution in [1.82, 2.24) is 9.21 Å². The summed E-state index contributed by atoms with van der Waals surface area (Å²) in [5.74, 6) is -0.0546. The molecule has 0 aliphatic carbocycles. The Balaban J connectivity index is 1.74. The first-order chi connectivity index (χ1) is 12.3. The molecule has 0 spiro atoms. The molecule has 1 fully saturated rings. The standard InChI is InChI=1S/C19H21ClN2O3S/c1-14-6-5-7-16(15(14)2)19(23)21-10-12-22(13-11-21)26(24,25)18-9-4-3-8-17(18)20/h3-9H,10-13H2,1-2H3. The molecular formula is C19H21ClN2O3S. The van der Waals surface area contributed by atoms with E-state index in [2.05, 4.69) is 0 Å². The molecule has 0 aromatic heterocycles. The van der Waals surface area contributed by atoms with Crippen molar-refractivity contribution in [2.45, 2.75) is 18.7 Å². The van der Waals surface area contributed by atoms with Gasteiger partial charge in [-0.05, 0) is 43.2 Å². The van der Waals surface area contributed by atoms with Crippen LogP contribution in [0.2, 0.25) is 5.02 Å². The van der Waals surface area contributed by atoms with E-state index in [9.17, 15) is 13.2 Å². The number of piperazine rings is 1. The van der Waals surface area contributed by atoms with E-state index in [0.29, 0.717) is 18.7 Å². The zero-order valence-electron chi connectivity index (χ0n) is 14.8. The van der Waals surface area contributed by atoms with Gasteiger partial charge in [0.05, 0.1) is 5.02 Å². The fourth-order valence-electron chi connectivity index (χ4n) is 3.08. The number of carbonyl (C=O) groups excluding carboxylic acids is 1. The normalized spacial score (nSPS) is 15.9. The Labute approximate surface area is 159 Å². The number of amides is 1. The van der Waals surface area contributed by atoms with Gasteiger partial charge < -0.3 is 4.90 Å². The van der Waals surface area contributed by atoms with Crippen LogP contribution in [-0.4, -0.2) is 49.7 Å². The Morgan fingerprint density at radius 2 is 1.62 bits per heavy atom. The lowest BCUT2D eigenvalue weighted by atomic mass is 10.0. The van der Waals surface area contributed by atoms with E-state index < -0.39 is 10.0 Å². The predicted octanol–water partition coefficient (Wildman–Crippen LogP) is 3.10. The molecule has 7 heteroatoms. The van der Waals surface area contributed by atoms with Crippen molar-refractivity contribution in [3.05, 3.63) is 64.2 Å². The van der Waals surface area contributed by atoms with Crippen molar-refractivity contribution in [3.63, 3.8) is 0 Å². The van der Waals surface area contributed by atoms with Crippen LogP contribution in [0.25, 0.3) is 0 Å². The molecule has 2 aromatic carbocycles. The van der Waals surface area contributed by atoms with Gasteiger partial charge in [0.2, 0.25) is 10.0 Å². The van der Waals surface area contributed by atoms with E-state index in [1.54, 1.807) is 23.1 Å². The quantitative estimate of drug-likeness (QED) is 0.806. The molecule has 1 aliphatic rings. The van der Waals surface area contributed by atoms with Gasteiger partial charge >= 0.3 is 0 Å². The van der Waals surface area contributed by atoms with E-state index in [0.717, 1.165) is 11.1 Å². The summed E-state index contributed by atoms with van der Waals surface area (Å²) in [5, 5.41) is 0.210. The second-order valence-electron chi connectivity index (χ2n) is 6.37. The summed E-state index contributed by atoms with van der Waals surface area (Å²) in [5.41, 5.74) is 2.70. The maximum absolute atomic E-state index is 12.8. The summed E-state index contributed by atoms with van der Waals surface area (Å²) in [6, 6.07) is 12.1. The molecule has 0 N–H and O–H groups in total. The lowest BCUT2D eigenvalue weighted by Gasteiger charge is -2.34. The van der Waals surface area contributed by atoms with Crippen molar-refractivity contribution in [1.29, 1.82) is 0 Å². The average molecular weight is 393 g/mol. The number of hydrogen-bond donors (Lipinski definition) is 0. The summed E-state index contributed by atoms with van der Waals surface area (Å²) in [7, 11) is -3.66. The Morgan fingerprint density at radius 3 is 2.27 bits per heavy atom. The van der Waals surface area contributed by atoms with Crippen LogP contribution >= 0.6 is 11.6 Å². The molecule has 0 atom stereocenters. The fourth-order valence-corrected chi connectivity index (χ4v) is 4.99. The number of nitrogens with zero attached hydrogens (tertiary/aromatic N) is 2. The van der Waals surface area contributed by atoms with Crippen LogP contribution in [0.3, 0.4) is 0 Å². The molecule has 1 aliphatic heterocycles. The maximum atomic E-state index is 12.8. The molecule has 0 radical (unpaired) electrons. The number of sulfonamides is 1. The van der Waals surface area contributed by atoms with Gasteiger partial charge in [-0.1, -0.05) is 35.9 Å². The van der Waals surface area contributed by atoms with Crippen LogP contribution < -0.4 is 0 Å². The molecule has 1 amide bonds. The van der Waals surface area contributed by atoms with Gasteiger partial charge in [-0.25, -0.2) is 8.42 Å². The molecule has 0 unspecified atom stereocenters. The number of hydrogen-bond acceptors (Lipinski definition) is 3. The number of aryl methyl sites for hydroxylation is 1. The fraction of sp³-hybridized carbons (Fsp3) is 0.316. The smallest absolute Gasteiger partial charge is 0.254 e. The topological polar surface area (TPSA) is 57.7 Å². The van der Waals surface area contributed by atoms with Crippen molar-refractivity contribution in [2.24, 2.45) is 0 Å². The Hall–Kier alpha value is -1.89. The summed E-state index contributed by atoms with van der Waals surface area (Å²) in [6.45, 7) is 5.13. The molecular weight excluding hydrogens is 372 g/mol. The van der Waals surface area contributed by atoms with Gasteiger partial charge in [-0.2, -0.15) is 4.31 Å². The Kier molecular flexibility index (Phi) is 5.37. The van der Waals surface area contributed by atoms with E-state index in [-0.39, 0.29) is 28.9 Å². The van der Waals surface area contributed by atoms with Gasteiger partial charge in [0.25, 0.3) is 5.91 Å². The molecule has 26 heavy (non-hydrogen) atoms. The summed E-state index contributed by atoms with van der Waals surface area (Å²) in [4.78, 5) is 14.6. The van der Waals surface area contributed by atoms with Gasteiger partial charge in [-0.15, -0.1) is 0 Å². The minimum atomic E-state index is -3.66. The molecule has 1 heterocycles. The zero-order chi connectivity index (χ0) is 18.9. The summed E-state index contributed by atoms with van der Waals surface area (Å²) >= 11 is 6.05. The van der Waals surface area contributed by atoms with Gasteiger partial charge in [0.15, 0.2) is 0 Å². The minimum absolute atomic E-state index is 0.0546. The lowest BCUT2D eigenvalue weighted by molar-refractivity contribution is 0.0697. The minimum Gasteiger partial charge on any atom is -0.336 e. The van der Waals surface area contributed by atoms with E-state index in [1.807, 2.05) is 32.0 Å². The molecule has 0 bridgehead atoms. The summed E-state index contributed by atoms with van der Waals surface area (Å²) in [6.07, 6.45) is 0. The molecule has 1 saturated heterocycles. The van der Waals surface area contributed by atoms with E-state index >= 15 is 0 Å². The van der Waals surface area contributed by atoms with Gasteiger partial charge in [-0.3, -0.25) is 4.79 Å². The maximum Gasteiger partial charge on any atom is 0.254 e. The van der Waals surface area contributed by atoms with Crippen molar-refractivity contribution < 1.29 is 13.2 Å². The predicted molar refractivity (Wildman–Crippen MR) is 102 cm³/mol. The highest BCUT2D eigenvalue weighted by molar-refractivity contribution is 7.89. The average Bonchev–Trinajstić information content (AvgIpc) is 2.64. The van der Waals surface area contributed by atoms with Crippen LogP contribution in [0.1, 0.15) is 21.5 Å². The number of carbonyl (C=O) groups is 1. The van der Waals surface area contributed by atoms with Crippen LogP contribution in [0, 0.1) is 13.8 Å². The van der Waals surface area contributed by atoms with Gasteiger partial charge in [0.1, 0.15) is 4.90 Å². The molecule has 2 aromatic rings. The first kappa shape index (κ1) is 18.9. The van der Waals surface area contributed by atoms with Crippen LogP contribution in [-0.2, 0) is 10.0 Å². The first-order valence-electron chi connectivity index (χ1n) is 8.42. The zero-order valence-corrected chi connectivity index (χ0v) is 16.3. The lowest BCUT2D eigenvalue weighted by Crippen LogP contribution is -2.50. The Morgan fingerprint density at radius 1 is 0.962 bits per heavy atom. The van der Waals surface area contributed by atoms with Crippen molar-refractivity contribution in [3.8, 4) is 0 Å². The monoisotopic (exact) mass is 392 g/mol. The third-order valence-electron chi connectivity index (χ3n) is 4.82. The van der Waals surface area contributed by atoms with Crippen LogP contribution in [0.15, 0.2) is 47.4 Å². The van der Waals surface area contributed by atoms with E-state index in [4.69, 9.17) is 11.6 Å². The third kappa shape index (κ3) is 3.49. The molecule has 0 saturated carbocycles. The van der Waals surface area contributed by atoms with Gasteiger partial charge in [0, 0.05) is 31.7 Å². The van der Waals surface area contributed by atoms with Crippen molar-refractivity contribution >= 4 is 27.5 Å². The molecule has 138 valence electrons. The number of halogens is 1. The molecule has 5 nitrogen and oxygen atoms in total. The SMILES string of the molecule is Cc1cccc(C(=O)N2CCN(S(=O)(=O)c3ccccc3Cl)CC2)c1C. The second-order valence-corrected chi connectivity index (χ2v) is 8.69. The van der Waals surface area contributed by atoms with Crippen LogP contribution in [0.4, 0.5) is 0 Å². The second kappa shape index (κ2) is 7.39. The highest BCUT2D eigenvalue weighted by Gasteiger charge is 2.31. The van der Waals surface area contributed by atoms with Crippen molar-refractivity contribution in [2.75, 3.05) is 26.2 Å². The largest absolute Gasteiger partial charge is 0.336 e. The van der Waals surface area contributed by atoms with E-state index in [1.165, 1.54) is 10.4 Å². The summed E-state index contributed by atoms with van der Waals surface area (Å²) < 4.78 is 27.0.